The summed E-state index contributed by atoms with van der Waals surface area (Å²) in [6, 6.07) is 10.5. The number of nitrogens with one attached hydrogen (secondary N) is 2. The first-order chi connectivity index (χ1) is 10.6. The molecule has 2 N–H and O–H groups in total. The number of thiocarbonyl (C=S) groups is 1. The van der Waals surface area contributed by atoms with Crippen molar-refractivity contribution >= 4 is 17.3 Å². The standard InChI is InChI=1S/C18H29N3S/c1-18(2,21-13-7-4-8-14-21)15-20-17(22)19-12-11-16-9-5-3-6-10-16/h3,5-6,9-10H,4,7-8,11-15H2,1-2H3,(H2,19,20,22). The highest BCUT2D eigenvalue weighted by molar-refractivity contribution is 7.80. The highest BCUT2D eigenvalue weighted by Gasteiger charge is 2.27. The van der Waals surface area contributed by atoms with Crippen molar-refractivity contribution in [3.63, 3.8) is 0 Å². The predicted octanol–water partition coefficient (Wildman–Crippen LogP) is 2.96. The van der Waals surface area contributed by atoms with Gasteiger partial charge in [0.05, 0.1) is 0 Å². The van der Waals surface area contributed by atoms with Crippen molar-refractivity contribution in [3.05, 3.63) is 35.9 Å². The minimum absolute atomic E-state index is 0.158. The molecule has 0 aliphatic carbocycles. The molecule has 1 aromatic carbocycles. The molecule has 0 bridgehead atoms. The minimum Gasteiger partial charge on any atom is -0.362 e. The van der Waals surface area contributed by atoms with Crippen LogP contribution in [0.1, 0.15) is 38.7 Å². The normalized spacial score (nSPS) is 16.3. The second-order valence-corrected chi connectivity index (χ2v) is 7.11. The number of hydrogen-bond donors (Lipinski definition) is 2. The molecular weight excluding hydrogens is 290 g/mol. The van der Waals surface area contributed by atoms with Crippen molar-refractivity contribution in [3.8, 4) is 0 Å². The zero-order chi connectivity index (χ0) is 15.8. The number of hydrogen-bond acceptors (Lipinski definition) is 2. The summed E-state index contributed by atoms with van der Waals surface area (Å²) >= 11 is 5.40. The van der Waals surface area contributed by atoms with Gasteiger partial charge in [-0.25, -0.2) is 0 Å². The summed E-state index contributed by atoms with van der Waals surface area (Å²) < 4.78 is 0. The molecule has 1 fully saturated rings. The predicted molar refractivity (Wildman–Crippen MR) is 98.3 cm³/mol. The SMILES string of the molecule is CC(C)(CNC(=S)NCCc1ccccc1)N1CCCCC1. The first-order valence-corrected chi connectivity index (χ1v) is 8.79. The summed E-state index contributed by atoms with van der Waals surface area (Å²) in [5.74, 6) is 0. The van der Waals surface area contributed by atoms with Crippen LogP contribution in [0.5, 0.6) is 0 Å². The molecule has 4 heteroatoms. The minimum atomic E-state index is 0.158. The molecule has 1 aromatic rings. The molecular formula is C18H29N3S. The summed E-state index contributed by atoms with van der Waals surface area (Å²) in [5.41, 5.74) is 1.50. The lowest BCUT2D eigenvalue weighted by Crippen LogP contribution is -2.54. The van der Waals surface area contributed by atoms with Gasteiger partial charge in [-0.2, -0.15) is 0 Å². The van der Waals surface area contributed by atoms with Crippen LogP contribution in [0.25, 0.3) is 0 Å². The largest absolute Gasteiger partial charge is 0.362 e. The zero-order valence-corrected chi connectivity index (χ0v) is 14.7. The van der Waals surface area contributed by atoms with E-state index in [1.165, 1.54) is 37.9 Å². The Labute approximate surface area is 140 Å². The van der Waals surface area contributed by atoms with Crippen LogP contribution in [0.4, 0.5) is 0 Å². The number of benzene rings is 1. The smallest absolute Gasteiger partial charge is 0.166 e. The Hall–Kier alpha value is -1.13. The van der Waals surface area contributed by atoms with E-state index in [0.29, 0.717) is 0 Å². The molecule has 1 saturated heterocycles. The third kappa shape index (κ3) is 5.58. The van der Waals surface area contributed by atoms with Crippen molar-refractivity contribution in [2.24, 2.45) is 0 Å². The Balaban J connectivity index is 1.66. The Morgan fingerprint density at radius 1 is 1.09 bits per heavy atom. The van der Waals surface area contributed by atoms with Gasteiger partial charge in [0, 0.05) is 18.6 Å². The average molecular weight is 320 g/mol. The van der Waals surface area contributed by atoms with Gasteiger partial charge in [-0.1, -0.05) is 36.8 Å². The topological polar surface area (TPSA) is 27.3 Å². The molecule has 1 aliphatic rings. The van der Waals surface area contributed by atoms with Crippen molar-refractivity contribution in [1.82, 2.24) is 15.5 Å². The van der Waals surface area contributed by atoms with E-state index in [9.17, 15) is 0 Å². The van der Waals surface area contributed by atoms with Gasteiger partial charge in [0.2, 0.25) is 0 Å². The van der Waals surface area contributed by atoms with E-state index in [4.69, 9.17) is 12.2 Å². The van der Waals surface area contributed by atoms with Crippen molar-refractivity contribution in [2.45, 2.75) is 45.1 Å². The van der Waals surface area contributed by atoms with Gasteiger partial charge in [0.15, 0.2) is 5.11 Å². The average Bonchev–Trinajstić information content (AvgIpc) is 2.55. The lowest BCUT2D eigenvalue weighted by Gasteiger charge is -2.41. The number of nitrogens with zero attached hydrogens (tertiary/aromatic N) is 1. The van der Waals surface area contributed by atoms with Gasteiger partial charge in [-0.3, -0.25) is 4.90 Å². The Morgan fingerprint density at radius 3 is 2.45 bits per heavy atom. The molecule has 0 spiro atoms. The molecule has 122 valence electrons. The van der Waals surface area contributed by atoms with E-state index in [2.05, 4.69) is 53.6 Å². The Bertz CT molecular complexity index is 453. The maximum atomic E-state index is 5.40. The van der Waals surface area contributed by atoms with E-state index in [1.54, 1.807) is 0 Å². The lowest BCUT2D eigenvalue weighted by atomic mass is 9.98. The number of piperidine rings is 1. The monoisotopic (exact) mass is 319 g/mol. The van der Waals surface area contributed by atoms with Gasteiger partial charge in [-0.05, 0) is 64.0 Å². The molecule has 0 unspecified atom stereocenters. The fourth-order valence-corrected chi connectivity index (χ4v) is 3.11. The molecule has 2 rings (SSSR count). The Kier molecular flexibility index (Phi) is 6.65. The van der Waals surface area contributed by atoms with Gasteiger partial charge in [0.1, 0.15) is 0 Å². The van der Waals surface area contributed by atoms with Crippen LogP contribution in [0.2, 0.25) is 0 Å². The van der Waals surface area contributed by atoms with E-state index in [0.717, 1.165) is 24.6 Å². The molecule has 0 atom stereocenters. The van der Waals surface area contributed by atoms with Crippen LogP contribution < -0.4 is 10.6 Å². The van der Waals surface area contributed by atoms with E-state index < -0.39 is 0 Å². The van der Waals surface area contributed by atoms with Crippen LogP contribution in [-0.2, 0) is 6.42 Å². The molecule has 0 saturated carbocycles. The van der Waals surface area contributed by atoms with E-state index >= 15 is 0 Å². The molecule has 22 heavy (non-hydrogen) atoms. The Morgan fingerprint density at radius 2 is 1.77 bits per heavy atom. The fraction of sp³-hybridized carbons (Fsp3) is 0.611. The first kappa shape index (κ1) is 17.2. The second-order valence-electron chi connectivity index (χ2n) is 6.71. The van der Waals surface area contributed by atoms with Crippen LogP contribution >= 0.6 is 12.2 Å². The lowest BCUT2D eigenvalue weighted by molar-refractivity contribution is 0.0984. The van der Waals surface area contributed by atoms with Crippen molar-refractivity contribution in [2.75, 3.05) is 26.2 Å². The van der Waals surface area contributed by atoms with Crippen molar-refractivity contribution in [1.29, 1.82) is 0 Å². The van der Waals surface area contributed by atoms with Crippen LogP contribution in [-0.4, -0.2) is 41.7 Å². The van der Waals surface area contributed by atoms with Gasteiger partial charge in [0.25, 0.3) is 0 Å². The molecule has 0 radical (unpaired) electrons. The van der Waals surface area contributed by atoms with Gasteiger partial charge in [-0.15, -0.1) is 0 Å². The first-order valence-electron chi connectivity index (χ1n) is 8.39. The molecule has 1 heterocycles. The summed E-state index contributed by atoms with van der Waals surface area (Å²) in [6.07, 6.45) is 5.02. The molecule has 1 aliphatic heterocycles. The molecule has 0 amide bonds. The van der Waals surface area contributed by atoms with E-state index in [-0.39, 0.29) is 5.54 Å². The second kappa shape index (κ2) is 8.49. The number of likely N-dealkylation sites (tertiary alicyclic amines) is 1. The third-order valence-corrected chi connectivity index (χ3v) is 4.72. The maximum Gasteiger partial charge on any atom is 0.166 e. The van der Waals surface area contributed by atoms with Crippen molar-refractivity contribution < 1.29 is 0 Å². The number of rotatable bonds is 6. The third-order valence-electron chi connectivity index (χ3n) is 4.44. The summed E-state index contributed by atoms with van der Waals surface area (Å²) in [6.45, 7) is 8.80. The summed E-state index contributed by atoms with van der Waals surface area (Å²) in [4.78, 5) is 2.58. The van der Waals surface area contributed by atoms with E-state index in [1.807, 2.05) is 6.07 Å². The fourth-order valence-electron chi connectivity index (χ4n) is 2.94. The highest BCUT2D eigenvalue weighted by atomic mass is 32.1. The molecule has 0 aromatic heterocycles. The quantitative estimate of drug-likeness (QED) is 0.788. The zero-order valence-electron chi connectivity index (χ0n) is 13.9. The highest BCUT2D eigenvalue weighted by Crippen LogP contribution is 2.19. The van der Waals surface area contributed by atoms with Crippen LogP contribution in [0.3, 0.4) is 0 Å². The van der Waals surface area contributed by atoms with Crippen LogP contribution in [0.15, 0.2) is 30.3 Å². The molecule has 3 nitrogen and oxygen atoms in total. The van der Waals surface area contributed by atoms with Gasteiger partial charge < -0.3 is 10.6 Å². The van der Waals surface area contributed by atoms with Crippen LogP contribution in [0, 0.1) is 0 Å². The summed E-state index contributed by atoms with van der Waals surface area (Å²) in [7, 11) is 0. The maximum absolute atomic E-state index is 5.40. The van der Waals surface area contributed by atoms with Gasteiger partial charge >= 0.3 is 0 Å². The summed E-state index contributed by atoms with van der Waals surface area (Å²) in [5, 5.41) is 7.46.